The topological polar surface area (TPSA) is 84.5 Å². The Labute approximate surface area is 166 Å². The first-order valence-electron chi connectivity index (χ1n) is 9.05. The molecule has 0 aromatic heterocycles. The smallest absolute Gasteiger partial charge is 0.244 e. The second kappa shape index (κ2) is 10.1. The van der Waals surface area contributed by atoms with Gasteiger partial charge in [-0.1, -0.05) is 24.3 Å². The van der Waals surface area contributed by atoms with Crippen LogP contribution in [0.15, 0.2) is 59.5 Å². The number of nitrogens with one attached hydrogen (secondary N) is 2. The van der Waals surface area contributed by atoms with Crippen LogP contribution >= 0.6 is 0 Å². The van der Waals surface area contributed by atoms with E-state index in [1.165, 1.54) is 25.3 Å². The van der Waals surface area contributed by atoms with E-state index >= 15 is 0 Å². The molecule has 0 aliphatic rings. The lowest BCUT2D eigenvalue weighted by Gasteiger charge is -2.10. The van der Waals surface area contributed by atoms with E-state index in [-0.39, 0.29) is 16.9 Å². The van der Waals surface area contributed by atoms with Gasteiger partial charge in [-0.05, 0) is 68.8 Å². The predicted octanol–water partition coefficient (Wildman–Crippen LogP) is 2.75. The molecule has 0 spiro atoms. The van der Waals surface area contributed by atoms with E-state index in [2.05, 4.69) is 10.0 Å². The first-order valence-corrected chi connectivity index (χ1v) is 10.5. The van der Waals surface area contributed by atoms with E-state index < -0.39 is 10.0 Å². The van der Waals surface area contributed by atoms with Gasteiger partial charge in [0.05, 0.1) is 11.0 Å². The molecule has 0 aliphatic heterocycles. The molecule has 0 radical (unpaired) electrons. The van der Waals surface area contributed by atoms with Gasteiger partial charge >= 0.3 is 0 Å². The Balaban J connectivity index is 1.80. The third kappa shape index (κ3) is 6.83. The fourth-order valence-corrected chi connectivity index (χ4v) is 3.17. The number of ether oxygens (including phenoxy) is 1. The minimum absolute atomic E-state index is 0.140. The maximum Gasteiger partial charge on any atom is 0.244 e. The Bertz CT molecular complexity index is 902. The molecule has 2 aromatic rings. The Morgan fingerprint density at radius 1 is 1.07 bits per heavy atom. The average molecular weight is 403 g/mol. The molecule has 2 rings (SSSR count). The van der Waals surface area contributed by atoms with Gasteiger partial charge in [0, 0.05) is 12.6 Å². The van der Waals surface area contributed by atoms with Crippen molar-refractivity contribution in [3.8, 4) is 5.75 Å². The van der Waals surface area contributed by atoms with Crippen LogP contribution in [0.1, 0.15) is 25.0 Å². The lowest BCUT2D eigenvalue weighted by Crippen LogP contribution is -2.23. The Morgan fingerprint density at radius 3 is 2.29 bits per heavy atom. The fourth-order valence-electron chi connectivity index (χ4n) is 2.44. The molecule has 0 saturated carbocycles. The summed E-state index contributed by atoms with van der Waals surface area (Å²) in [5, 5.41) is 2.83. The van der Waals surface area contributed by atoms with Crippen molar-refractivity contribution in [2.75, 3.05) is 13.6 Å². The minimum Gasteiger partial charge on any atom is -0.491 e. The molecule has 0 unspecified atom stereocenters. The van der Waals surface area contributed by atoms with Gasteiger partial charge in [-0.15, -0.1) is 0 Å². The number of carbonyl (C=O) groups is 1. The molecule has 0 aliphatic carbocycles. The molecule has 28 heavy (non-hydrogen) atoms. The minimum atomic E-state index is -3.45. The second-order valence-electron chi connectivity index (χ2n) is 6.46. The summed E-state index contributed by atoms with van der Waals surface area (Å²) in [5.41, 5.74) is 1.85. The molecular formula is C21H26N2O4S. The quantitative estimate of drug-likeness (QED) is 0.632. The molecule has 0 fully saturated rings. The van der Waals surface area contributed by atoms with Crippen LogP contribution < -0.4 is 14.8 Å². The summed E-state index contributed by atoms with van der Waals surface area (Å²) in [5.74, 6) is 0.630. The van der Waals surface area contributed by atoms with Crippen LogP contribution in [0.5, 0.6) is 5.75 Å². The summed E-state index contributed by atoms with van der Waals surface area (Å²) in [6.45, 7) is 4.48. The van der Waals surface area contributed by atoms with E-state index in [9.17, 15) is 13.2 Å². The van der Waals surface area contributed by atoms with Crippen LogP contribution in [0.2, 0.25) is 0 Å². The van der Waals surface area contributed by atoms with Gasteiger partial charge < -0.3 is 10.1 Å². The summed E-state index contributed by atoms with van der Waals surface area (Å²) in [7, 11) is -2.09. The van der Waals surface area contributed by atoms with E-state index in [0.717, 1.165) is 23.3 Å². The van der Waals surface area contributed by atoms with Gasteiger partial charge in [-0.25, -0.2) is 13.1 Å². The number of sulfonamides is 1. The molecule has 7 heteroatoms. The average Bonchev–Trinajstić information content (AvgIpc) is 2.67. The highest BCUT2D eigenvalue weighted by Crippen LogP contribution is 2.14. The SMILES string of the molecule is CNS(=O)(=O)c1ccc(/C=C/C(=O)NCCc2ccc(OC(C)C)cc2)cc1. The summed E-state index contributed by atoms with van der Waals surface area (Å²) < 4.78 is 31.2. The van der Waals surface area contributed by atoms with Gasteiger partial charge in [-0.2, -0.15) is 0 Å². The zero-order valence-electron chi connectivity index (χ0n) is 16.3. The van der Waals surface area contributed by atoms with Crippen molar-refractivity contribution in [2.45, 2.75) is 31.3 Å². The van der Waals surface area contributed by atoms with Crippen molar-refractivity contribution >= 4 is 22.0 Å². The standard InChI is InChI=1S/C21H26N2O4S/c1-16(2)27-19-9-4-18(5-10-19)14-15-23-21(24)13-8-17-6-11-20(12-7-17)28(25,26)22-3/h4-13,16,22H,14-15H2,1-3H3,(H,23,24)/b13-8+. The van der Waals surface area contributed by atoms with E-state index in [1.807, 2.05) is 38.1 Å². The number of hydrogen-bond donors (Lipinski definition) is 2. The van der Waals surface area contributed by atoms with Gasteiger partial charge in [0.2, 0.25) is 15.9 Å². The molecule has 0 saturated heterocycles. The highest BCUT2D eigenvalue weighted by molar-refractivity contribution is 7.89. The highest BCUT2D eigenvalue weighted by atomic mass is 32.2. The summed E-state index contributed by atoms with van der Waals surface area (Å²) >= 11 is 0. The number of rotatable bonds is 9. The first kappa shape index (κ1) is 21.7. The Kier molecular flexibility index (Phi) is 7.78. The normalized spacial score (nSPS) is 11.7. The van der Waals surface area contributed by atoms with E-state index in [0.29, 0.717) is 6.54 Å². The lowest BCUT2D eigenvalue weighted by atomic mass is 10.1. The number of amides is 1. The molecule has 2 aromatic carbocycles. The monoisotopic (exact) mass is 402 g/mol. The fraction of sp³-hybridized carbons (Fsp3) is 0.286. The van der Waals surface area contributed by atoms with Crippen LogP contribution in [-0.2, 0) is 21.2 Å². The lowest BCUT2D eigenvalue weighted by molar-refractivity contribution is -0.116. The van der Waals surface area contributed by atoms with Crippen molar-refractivity contribution in [3.63, 3.8) is 0 Å². The summed E-state index contributed by atoms with van der Waals surface area (Å²) in [6, 6.07) is 14.1. The molecule has 150 valence electrons. The van der Waals surface area contributed by atoms with Crippen molar-refractivity contribution in [3.05, 3.63) is 65.7 Å². The molecule has 0 atom stereocenters. The van der Waals surface area contributed by atoms with E-state index in [4.69, 9.17) is 4.74 Å². The van der Waals surface area contributed by atoms with Crippen molar-refractivity contribution < 1.29 is 17.9 Å². The largest absolute Gasteiger partial charge is 0.491 e. The van der Waals surface area contributed by atoms with Crippen LogP contribution in [0.25, 0.3) is 6.08 Å². The number of hydrogen-bond acceptors (Lipinski definition) is 4. The van der Waals surface area contributed by atoms with Crippen LogP contribution in [-0.4, -0.2) is 34.0 Å². The van der Waals surface area contributed by atoms with Crippen LogP contribution in [0, 0.1) is 0 Å². The molecule has 1 amide bonds. The van der Waals surface area contributed by atoms with E-state index in [1.54, 1.807) is 18.2 Å². The van der Waals surface area contributed by atoms with Gasteiger partial charge in [-0.3, -0.25) is 4.79 Å². The summed E-state index contributed by atoms with van der Waals surface area (Å²) in [4.78, 5) is 12.1. The number of benzene rings is 2. The van der Waals surface area contributed by atoms with Gasteiger partial charge in [0.15, 0.2) is 0 Å². The second-order valence-corrected chi connectivity index (χ2v) is 8.35. The molecule has 2 N–H and O–H groups in total. The Morgan fingerprint density at radius 2 is 1.71 bits per heavy atom. The zero-order valence-corrected chi connectivity index (χ0v) is 17.1. The predicted molar refractivity (Wildman–Crippen MR) is 111 cm³/mol. The first-order chi connectivity index (χ1) is 13.3. The molecule has 0 bridgehead atoms. The van der Waals surface area contributed by atoms with Crippen molar-refractivity contribution in [1.29, 1.82) is 0 Å². The third-order valence-corrected chi connectivity index (χ3v) is 5.32. The van der Waals surface area contributed by atoms with Crippen LogP contribution in [0.3, 0.4) is 0 Å². The Hall–Kier alpha value is -2.64. The maximum absolute atomic E-state index is 11.9. The number of carbonyl (C=O) groups excluding carboxylic acids is 1. The third-order valence-electron chi connectivity index (χ3n) is 3.89. The van der Waals surface area contributed by atoms with Gasteiger partial charge in [0.1, 0.15) is 5.75 Å². The molecule has 0 heterocycles. The zero-order chi connectivity index (χ0) is 20.6. The maximum atomic E-state index is 11.9. The van der Waals surface area contributed by atoms with Gasteiger partial charge in [0.25, 0.3) is 0 Å². The molecular weight excluding hydrogens is 376 g/mol. The van der Waals surface area contributed by atoms with Crippen molar-refractivity contribution in [1.82, 2.24) is 10.0 Å². The highest BCUT2D eigenvalue weighted by Gasteiger charge is 2.09. The van der Waals surface area contributed by atoms with Crippen molar-refractivity contribution in [2.24, 2.45) is 0 Å². The molecule has 6 nitrogen and oxygen atoms in total. The summed E-state index contributed by atoms with van der Waals surface area (Å²) in [6.07, 6.45) is 3.93. The van der Waals surface area contributed by atoms with Crippen LogP contribution in [0.4, 0.5) is 0 Å².